The molecule has 0 atom stereocenters. The summed E-state index contributed by atoms with van der Waals surface area (Å²) in [6, 6.07) is 15.7. The molecule has 1 aliphatic heterocycles. The molecule has 4 rings (SSSR count). The molecule has 0 saturated heterocycles. The zero-order chi connectivity index (χ0) is 17.4. The molecule has 3 aromatic rings. The number of hydrogen-bond acceptors (Lipinski definition) is 1. The predicted octanol–water partition coefficient (Wildman–Crippen LogP) is 6.41. The van der Waals surface area contributed by atoms with Gasteiger partial charge in [0.25, 0.3) is 0 Å². The van der Waals surface area contributed by atoms with Crippen molar-refractivity contribution in [3.05, 3.63) is 65.6 Å². The van der Waals surface area contributed by atoms with Crippen molar-refractivity contribution in [1.82, 2.24) is 9.55 Å². The van der Waals surface area contributed by atoms with Crippen LogP contribution in [0.4, 0.5) is 0 Å². The fourth-order valence-electron chi connectivity index (χ4n) is 3.89. The van der Waals surface area contributed by atoms with Crippen LogP contribution in [0.25, 0.3) is 22.4 Å². The van der Waals surface area contributed by atoms with Gasteiger partial charge in [-0.05, 0) is 47.9 Å². The number of aromatic nitrogens is 2. The van der Waals surface area contributed by atoms with Gasteiger partial charge in [0.2, 0.25) is 0 Å². The van der Waals surface area contributed by atoms with E-state index in [9.17, 15) is 0 Å². The Morgan fingerprint density at radius 1 is 0.923 bits per heavy atom. The normalized spacial score (nSPS) is 13.4. The van der Waals surface area contributed by atoms with Crippen LogP contribution in [-0.2, 0) is 13.0 Å². The van der Waals surface area contributed by atoms with Gasteiger partial charge in [-0.3, -0.25) is 0 Å². The van der Waals surface area contributed by atoms with Crippen molar-refractivity contribution >= 4 is 12.4 Å². The number of hydrogen-bond donors (Lipinski definition) is 0. The molecule has 2 nitrogen and oxygen atoms in total. The molecule has 26 heavy (non-hydrogen) atoms. The van der Waals surface area contributed by atoms with Crippen molar-refractivity contribution in [3.63, 3.8) is 0 Å². The van der Waals surface area contributed by atoms with Gasteiger partial charge in [-0.15, -0.1) is 12.4 Å². The van der Waals surface area contributed by atoms with Crippen LogP contribution >= 0.6 is 12.4 Å². The first kappa shape index (κ1) is 18.7. The lowest BCUT2D eigenvalue weighted by atomic mass is 9.94. The molecule has 0 radical (unpaired) electrons. The molecule has 0 N–H and O–H groups in total. The zero-order valence-corrected chi connectivity index (χ0v) is 16.6. The van der Waals surface area contributed by atoms with E-state index in [0.717, 1.165) is 18.7 Å². The summed E-state index contributed by atoms with van der Waals surface area (Å²) in [6.07, 6.45) is 5.86. The summed E-state index contributed by atoms with van der Waals surface area (Å²) in [4.78, 5) is 4.83. The lowest BCUT2D eigenvalue weighted by Crippen LogP contribution is -2.08. The highest BCUT2D eigenvalue weighted by atomic mass is 35.5. The number of aryl methyl sites for hydroxylation is 3. The third-order valence-electron chi connectivity index (χ3n) is 5.31. The number of fused-ring (bicyclic) bond motifs is 1. The van der Waals surface area contributed by atoms with Crippen LogP contribution in [0.1, 0.15) is 49.6 Å². The van der Waals surface area contributed by atoms with Crippen LogP contribution in [0.15, 0.2) is 48.7 Å². The zero-order valence-electron chi connectivity index (χ0n) is 15.8. The molecule has 0 aliphatic carbocycles. The molecule has 0 fully saturated rings. The quantitative estimate of drug-likeness (QED) is 0.523. The molecule has 1 aliphatic rings. The van der Waals surface area contributed by atoms with Crippen molar-refractivity contribution in [2.75, 3.05) is 0 Å². The number of rotatable bonds is 3. The van der Waals surface area contributed by atoms with Gasteiger partial charge in [0.15, 0.2) is 0 Å². The summed E-state index contributed by atoms with van der Waals surface area (Å²) in [7, 11) is 0. The van der Waals surface area contributed by atoms with Crippen LogP contribution in [-0.4, -0.2) is 9.55 Å². The highest BCUT2D eigenvalue weighted by Gasteiger charge is 2.13. The fraction of sp³-hybridized carbons (Fsp3) is 0.348. The van der Waals surface area contributed by atoms with E-state index in [-0.39, 0.29) is 12.4 Å². The Morgan fingerprint density at radius 2 is 1.62 bits per heavy atom. The summed E-state index contributed by atoms with van der Waals surface area (Å²) in [5.74, 6) is 1.81. The molecule has 0 bridgehead atoms. The molecule has 2 heterocycles. The Hall–Kier alpha value is -2.06. The maximum absolute atomic E-state index is 4.83. The Bertz CT molecular complexity index is 868. The largest absolute Gasteiger partial charge is 0.334 e. The maximum Gasteiger partial charge on any atom is 0.109 e. The summed E-state index contributed by atoms with van der Waals surface area (Å²) >= 11 is 0. The average Bonchev–Trinajstić information content (AvgIpc) is 3.05. The first-order valence-electron chi connectivity index (χ1n) is 9.39. The first-order valence-corrected chi connectivity index (χ1v) is 9.39. The van der Waals surface area contributed by atoms with Crippen LogP contribution in [0.2, 0.25) is 0 Å². The second-order valence-corrected chi connectivity index (χ2v) is 7.50. The summed E-state index contributed by atoms with van der Waals surface area (Å²) in [5, 5.41) is 0. The van der Waals surface area contributed by atoms with Crippen molar-refractivity contribution in [3.8, 4) is 22.4 Å². The first-order chi connectivity index (χ1) is 12.1. The Kier molecular flexibility index (Phi) is 5.52. The van der Waals surface area contributed by atoms with E-state index in [0.29, 0.717) is 5.92 Å². The molecule has 0 unspecified atom stereocenters. The second-order valence-electron chi connectivity index (χ2n) is 7.50. The molecule has 3 heteroatoms. The van der Waals surface area contributed by atoms with Gasteiger partial charge in [0, 0.05) is 24.7 Å². The minimum Gasteiger partial charge on any atom is -0.334 e. The monoisotopic (exact) mass is 366 g/mol. The van der Waals surface area contributed by atoms with Crippen molar-refractivity contribution in [2.45, 2.75) is 52.5 Å². The molecule has 0 saturated carbocycles. The average molecular weight is 367 g/mol. The van der Waals surface area contributed by atoms with Crippen molar-refractivity contribution in [2.24, 2.45) is 0 Å². The van der Waals surface area contributed by atoms with Gasteiger partial charge >= 0.3 is 0 Å². The van der Waals surface area contributed by atoms with Crippen LogP contribution in [0.3, 0.4) is 0 Å². The van der Waals surface area contributed by atoms with E-state index < -0.39 is 0 Å². The van der Waals surface area contributed by atoms with Gasteiger partial charge < -0.3 is 4.57 Å². The van der Waals surface area contributed by atoms with Crippen LogP contribution in [0.5, 0.6) is 0 Å². The lowest BCUT2D eigenvalue weighted by Gasteiger charge is -2.12. The smallest absolute Gasteiger partial charge is 0.109 e. The molecular weight excluding hydrogens is 340 g/mol. The van der Waals surface area contributed by atoms with E-state index in [1.54, 1.807) is 0 Å². The SMILES string of the molecule is Cc1cc(-c2ccc(-c3cn4c(n3)CCCC4)cc2)ccc1C(C)C.Cl. The second kappa shape index (κ2) is 7.67. The van der Waals surface area contributed by atoms with E-state index in [1.165, 1.54) is 46.5 Å². The van der Waals surface area contributed by atoms with Gasteiger partial charge in [-0.25, -0.2) is 4.98 Å². The summed E-state index contributed by atoms with van der Waals surface area (Å²) in [6.45, 7) is 7.83. The highest BCUT2D eigenvalue weighted by Crippen LogP contribution is 2.28. The van der Waals surface area contributed by atoms with Gasteiger partial charge in [-0.1, -0.05) is 56.3 Å². The van der Waals surface area contributed by atoms with Crippen molar-refractivity contribution in [1.29, 1.82) is 0 Å². The van der Waals surface area contributed by atoms with Gasteiger partial charge in [0.05, 0.1) is 5.69 Å². The Balaban J connectivity index is 0.00000196. The minimum atomic E-state index is 0. The Morgan fingerprint density at radius 3 is 2.27 bits per heavy atom. The van der Waals surface area contributed by atoms with Gasteiger partial charge in [0.1, 0.15) is 5.82 Å². The summed E-state index contributed by atoms with van der Waals surface area (Å²) < 4.78 is 2.32. The molecular formula is C23H27ClN2. The lowest BCUT2D eigenvalue weighted by molar-refractivity contribution is 0.522. The van der Waals surface area contributed by atoms with Crippen LogP contribution in [0, 0.1) is 6.92 Å². The summed E-state index contributed by atoms with van der Waals surface area (Å²) in [5.41, 5.74) is 7.68. The Labute approximate surface area is 162 Å². The fourth-order valence-corrected chi connectivity index (χ4v) is 3.89. The minimum absolute atomic E-state index is 0. The number of halogens is 1. The molecule has 1 aromatic heterocycles. The predicted molar refractivity (Wildman–Crippen MR) is 112 cm³/mol. The van der Waals surface area contributed by atoms with E-state index in [1.807, 2.05) is 0 Å². The van der Waals surface area contributed by atoms with E-state index in [4.69, 9.17) is 4.98 Å². The maximum atomic E-state index is 4.83. The standard InChI is InChI=1S/C23H26N2.ClH/c1-16(2)21-12-11-20(14-17(21)3)18-7-9-19(10-8-18)22-15-25-13-5-4-6-23(25)24-22;/h7-12,14-16H,4-6,13H2,1-3H3;1H. The number of benzene rings is 2. The number of nitrogens with zero attached hydrogens (tertiary/aromatic N) is 2. The molecule has 0 amide bonds. The number of imidazole rings is 1. The van der Waals surface area contributed by atoms with E-state index in [2.05, 4.69) is 74.0 Å². The molecule has 2 aromatic carbocycles. The highest BCUT2D eigenvalue weighted by molar-refractivity contribution is 5.85. The van der Waals surface area contributed by atoms with Gasteiger partial charge in [-0.2, -0.15) is 0 Å². The van der Waals surface area contributed by atoms with Crippen molar-refractivity contribution < 1.29 is 0 Å². The third kappa shape index (κ3) is 3.57. The topological polar surface area (TPSA) is 17.8 Å². The van der Waals surface area contributed by atoms with E-state index >= 15 is 0 Å². The van der Waals surface area contributed by atoms with Crippen LogP contribution < -0.4 is 0 Å². The third-order valence-corrected chi connectivity index (χ3v) is 5.31. The molecule has 136 valence electrons. The molecule has 0 spiro atoms.